The van der Waals surface area contributed by atoms with Crippen molar-refractivity contribution in [2.75, 3.05) is 0 Å². The number of nitrogens with one attached hydrogen (secondary N) is 2. The van der Waals surface area contributed by atoms with Crippen LogP contribution in [0.15, 0.2) is 35.0 Å². The van der Waals surface area contributed by atoms with Gasteiger partial charge in [-0.2, -0.15) is 10.1 Å². The Balaban J connectivity index is 1.32. The quantitative estimate of drug-likeness (QED) is 0.231. The van der Waals surface area contributed by atoms with E-state index in [1.165, 1.54) is 5.56 Å². The van der Waals surface area contributed by atoms with Crippen LogP contribution in [0.5, 0.6) is 0 Å². The minimum absolute atomic E-state index is 0.0704. The average molecular weight is 567 g/mol. The first-order valence-electron chi connectivity index (χ1n) is 14.7. The van der Waals surface area contributed by atoms with Gasteiger partial charge in [0.25, 0.3) is 11.7 Å². The molecule has 0 unspecified atom stereocenters. The number of aryl methyl sites for hydroxylation is 2. The van der Waals surface area contributed by atoms with E-state index < -0.39 is 0 Å². The number of rotatable bonds is 5. The second kappa shape index (κ2) is 10.5. The van der Waals surface area contributed by atoms with Gasteiger partial charge in [-0.3, -0.25) is 9.48 Å². The Morgan fingerprint density at radius 3 is 2.67 bits per heavy atom. The Labute approximate surface area is 245 Å². The first-order chi connectivity index (χ1) is 20.0. The fourth-order valence-corrected chi connectivity index (χ4v) is 5.92. The highest BCUT2D eigenvalue weighted by Gasteiger charge is 2.27. The zero-order valence-electron chi connectivity index (χ0n) is 25.4. The lowest BCUT2D eigenvalue weighted by atomic mass is 9.94. The van der Waals surface area contributed by atoms with Gasteiger partial charge in [0.15, 0.2) is 5.65 Å². The fourth-order valence-electron chi connectivity index (χ4n) is 5.92. The molecule has 0 bridgehead atoms. The third-order valence-electron chi connectivity index (χ3n) is 8.04. The standard InChI is InChI=1S/C32H38N8O2/c1-17(2)40-19(4)25(18(3)38-40)27-35-26-23(14-15-33-28(26)36-27)21-12-13-22-20(16-21)10-8-9-11-24(22)34-30(41)29-37-31(42-39-29)32(5,6)7/h12-17,24H,8-11H2,1-7H3,(H,34,41)(H,33,35,36)/t24-/m1/s1. The molecular weight excluding hydrogens is 528 g/mol. The van der Waals surface area contributed by atoms with E-state index in [-0.39, 0.29) is 29.2 Å². The number of H-pyrrole nitrogens is 1. The molecule has 2 N–H and O–H groups in total. The zero-order chi connectivity index (χ0) is 29.8. The molecule has 4 aromatic heterocycles. The third kappa shape index (κ3) is 4.99. The Kier molecular flexibility index (Phi) is 6.95. The molecule has 1 aliphatic carbocycles. The summed E-state index contributed by atoms with van der Waals surface area (Å²) in [6, 6.07) is 8.67. The molecule has 5 aromatic rings. The van der Waals surface area contributed by atoms with Crippen LogP contribution in [-0.4, -0.2) is 40.8 Å². The average Bonchev–Trinajstić information content (AvgIpc) is 3.64. The van der Waals surface area contributed by atoms with Gasteiger partial charge in [0.1, 0.15) is 5.82 Å². The number of hydrogen-bond acceptors (Lipinski definition) is 7. The largest absolute Gasteiger partial charge is 0.342 e. The lowest BCUT2D eigenvalue weighted by Crippen LogP contribution is -2.29. The molecule has 1 aromatic carbocycles. The molecule has 10 nitrogen and oxygen atoms in total. The highest BCUT2D eigenvalue weighted by molar-refractivity contribution is 5.92. The number of nitrogens with zero attached hydrogens (tertiary/aromatic N) is 6. The smallest absolute Gasteiger partial charge is 0.293 e. The molecule has 0 saturated carbocycles. The van der Waals surface area contributed by atoms with E-state index in [0.717, 1.165) is 70.7 Å². The van der Waals surface area contributed by atoms with E-state index in [1.54, 1.807) is 0 Å². The number of carbonyl (C=O) groups excluding carboxylic acids is 1. The molecule has 6 rings (SSSR count). The second-order valence-electron chi connectivity index (χ2n) is 12.6. The summed E-state index contributed by atoms with van der Waals surface area (Å²) in [7, 11) is 0. The Morgan fingerprint density at radius 1 is 1.14 bits per heavy atom. The molecular formula is C32H38N8O2. The third-order valence-corrected chi connectivity index (χ3v) is 8.04. The van der Waals surface area contributed by atoms with E-state index >= 15 is 0 Å². The summed E-state index contributed by atoms with van der Waals surface area (Å²) >= 11 is 0. The van der Waals surface area contributed by atoms with E-state index in [2.05, 4.69) is 64.4 Å². The lowest BCUT2D eigenvalue weighted by Gasteiger charge is -2.19. The summed E-state index contributed by atoms with van der Waals surface area (Å²) in [5.41, 5.74) is 8.78. The van der Waals surface area contributed by atoms with Crippen LogP contribution in [0.2, 0.25) is 0 Å². The minimum Gasteiger partial charge on any atom is -0.342 e. The van der Waals surface area contributed by atoms with Crippen LogP contribution in [0.4, 0.5) is 0 Å². The number of benzene rings is 1. The van der Waals surface area contributed by atoms with Gasteiger partial charge < -0.3 is 14.8 Å². The van der Waals surface area contributed by atoms with Crippen molar-refractivity contribution < 1.29 is 9.32 Å². The number of aromatic nitrogens is 7. The SMILES string of the molecule is Cc1nn(C(C)C)c(C)c1-c1nc2nccc(-c3ccc4c(c3)CCCC[C@H]4NC(=O)c3noc(C(C)(C)C)n3)c2[nH]1. The summed E-state index contributed by atoms with van der Waals surface area (Å²) in [6.45, 7) is 14.3. The van der Waals surface area contributed by atoms with Gasteiger partial charge in [0.2, 0.25) is 5.89 Å². The predicted molar refractivity (Wildman–Crippen MR) is 161 cm³/mol. The number of hydrogen-bond donors (Lipinski definition) is 2. The number of carbonyl (C=O) groups is 1. The summed E-state index contributed by atoms with van der Waals surface area (Å²) in [4.78, 5) is 30.4. The Morgan fingerprint density at radius 2 is 1.95 bits per heavy atom. The molecule has 0 spiro atoms. The summed E-state index contributed by atoms with van der Waals surface area (Å²) < 4.78 is 7.39. The van der Waals surface area contributed by atoms with Crippen LogP contribution in [-0.2, 0) is 11.8 Å². The Hall–Kier alpha value is -4.34. The molecule has 0 fully saturated rings. The maximum atomic E-state index is 13.1. The van der Waals surface area contributed by atoms with Crippen molar-refractivity contribution in [3.63, 3.8) is 0 Å². The van der Waals surface area contributed by atoms with Crippen LogP contribution in [0.1, 0.15) is 105 Å². The summed E-state index contributed by atoms with van der Waals surface area (Å²) in [5.74, 6) is 0.980. The first kappa shape index (κ1) is 27.8. The van der Waals surface area contributed by atoms with Crippen LogP contribution in [0.3, 0.4) is 0 Å². The molecule has 10 heteroatoms. The van der Waals surface area contributed by atoms with Gasteiger partial charge in [0, 0.05) is 28.9 Å². The van der Waals surface area contributed by atoms with Gasteiger partial charge >= 0.3 is 0 Å². The molecule has 0 radical (unpaired) electrons. The first-order valence-corrected chi connectivity index (χ1v) is 14.7. The van der Waals surface area contributed by atoms with Crippen molar-refractivity contribution in [1.29, 1.82) is 0 Å². The van der Waals surface area contributed by atoms with Crippen LogP contribution >= 0.6 is 0 Å². The number of fused-ring (bicyclic) bond motifs is 2. The van der Waals surface area contributed by atoms with Crippen molar-refractivity contribution in [2.45, 2.75) is 91.6 Å². The molecule has 0 saturated heterocycles. The summed E-state index contributed by atoms with van der Waals surface area (Å²) in [5, 5.41) is 11.9. The van der Waals surface area contributed by atoms with Gasteiger partial charge in [-0.25, -0.2) is 9.97 Å². The Bertz CT molecular complexity index is 1790. The number of pyridine rings is 1. The summed E-state index contributed by atoms with van der Waals surface area (Å²) in [6.07, 6.45) is 5.68. The molecule has 1 aliphatic rings. The van der Waals surface area contributed by atoms with E-state index in [9.17, 15) is 4.79 Å². The monoisotopic (exact) mass is 566 g/mol. The molecule has 0 aliphatic heterocycles. The van der Waals surface area contributed by atoms with Gasteiger partial charge in [-0.05, 0) is 69.7 Å². The van der Waals surface area contributed by atoms with Crippen LogP contribution in [0.25, 0.3) is 33.7 Å². The lowest BCUT2D eigenvalue weighted by molar-refractivity contribution is 0.0921. The van der Waals surface area contributed by atoms with Gasteiger partial charge in [0.05, 0.1) is 22.8 Å². The predicted octanol–water partition coefficient (Wildman–Crippen LogP) is 6.56. The molecule has 218 valence electrons. The topological polar surface area (TPSA) is 127 Å². The highest BCUT2D eigenvalue weighted by Crippen LogP contribution is 2.35. The minimum atomic E-state index is -0.321. The number of imidazole rings is 1. The second-order valence-corrected chi connectivity index (χ2v) is 12.6. The van der Waals surface area contributed by atoms with Crippen molar-refractivity contribution in [1.82, 2.24) is 40.2 Å². The maximum absolute atomic E-state index is 13.1. The van der Waals surface area contributed by atoms with Crippen molar-refractivity contribution in [3.8, 4) is 22.5 Å². The van der Waals surface area contributed by atoms with Crippen LogP contribution < -0.4 is 5.32 Å². The van der Waals surface area contributed by atoms with Crippen molar-refractivity contribution in [3.05, 3.63) is 64.7 Å². The molecule has 1 atom stereocenters. The highest BCUT2D eigenvalue weighted by atomic mass is 16.5. The van der Waals surface area contributed by atoms with Gasteiger partial charge in [-0.1, -0.05) is 50.5 Å². The van der Waals surface area contributed by atoms with Crippen molar-refractivity contribution >= 4 is 17.1 Å². The van der Waals surface area contributed by atoms with E-state index in [4.69, 9.17) is 14.6 Å². The fraction of sp³-hybridized carbons (Fsp3) is 0.438. The van der Waals surface area contributed by atoms with Gasteiger partial charge in [-0.15, -0.1) is 0 Å². The number of aromatic amines is 1. The van der Waals surface area contributed by atoms with Crippen molar-refractivity contribution in [2.24, 2.45) is 0 Å². The molecule has 4 heterocycles. The normalized spacial score (nSPS) is 15.7. The van der Waals surface area contributed by atoms with Crippen LogP contribution in [0, 0.1) is 13.8 Å². The molecule has 1 amide bonds. The number of amides is 1. The zero-order valence-corrected chi connectivity index (χ0v) is 25.4. The van der Waals surface area contributed by atoms with E-state index in [0.29, 0.717) is 11.5 Å². The van der Waals surface area contributed by atoms with E-state index in [1.807, 2.05) is 44.6 Å². The maximum Gasteiger partial charge on any atom is 0.293 e. The molecule has 42 heavy (non-hydrogen) atoms.